The lowest BCUT2D eigenvalue weighted by molar-refractivity contribution is 0.414. The topological polar surface area (TPSA) is 58.6 Å². The highest BCUT2D eigenvalue weighted by atomic mass is 79.9. The zero-order chi connectivity index (χ0) is 17.9. The first-order chi connectivity index (χ1) is 12.0. The van der Waals surface area contributed by atoms with E-state index in [1.807, 2.05) is 30.3 Å². The van der Waals surface area contributed by atoms with E-state index in [2.05, 4.69) is 25.6 Å². The van der Waals surface area contributed by atoms with Gasteiger partial charge in [-0.3, -0.25) is 0 Å². The summed E-state index contributed by atoms with van der Waals surface area (Å²) in [5.74, 6) is 0.834. The molecule has 0 saturated carbocycles. The molecule has 0 amide bonds. The van der Waals surface area contributed by atoms with E-state index in [0.29, 0.717) is 4.90 Å². The molecule has 1 heterocycles. The fourth-order valence-electron chi connectivity index (χ4n) is 2.97. The summed E-state index contributed by atoms with van der Waals surface area (Å²) >= 11 is 3.32. The first-order valence-electron chi connectivity index (χ1n) is 8.15. The molecule has 0 atom stereocenters. The highest BCUT2D eigenvalue weighted by Gasteiger charge is 2.24. The standard InChI is InChI=1S/C18H21BrN2O3S/c1-24-17-7-5-16(6-8-17)21-11-9-15(10-12-21)20-25(22,23)18-4-2-3-14(19)13-18/h2-8,13,15,20H,9-12H2,1H3. The second-order valence-corrected chi connectivity index (χ2v) is 8.67. The largest absolute Gasteiger partial charge is 0.497 e. The average Bonchev–Trinajstić information content (AvgIpc) is 2.62. The fourth-order valence-corrected chi connectivity index (χ4v) is 4.87. The maximum atomic E-state index is 12.5. The summed E-state index contributed by atoms with van der Waals surface area (Å²) in [7, 11) is -1.84. The molecule has 5 nitrogen and oxygen atoms in total. The van der Waals surface area contributed by atoms with E-state index in [1.165, 1.54) is 0 Å². The minimum absolute atomic E-state index is 0.0431. The van der Waals surface area contributed by atoms with Gasteiger partial charge in [0, 0.05) is 29.3 Å². The van der Waals surface area contributed by atoms with Crippen LogP contribution in [-0.2, 0) is 10.0 Å². The quantitative estimate of drug-likeness (QED) is 0.798. The molecular weight excluding hydrogens is 404 g/mol. The molecular formula is C18H21BrN2O3S. The SMILES string of the molecule is COc1ccc(N2CCC(NS(=O)(=O)c3cccc(Br)c3)CC2)cc1. The van der Waals surface area contributed by atoms with Crippen LogP contribution in [0.4, 0.5) is 5.69 Å². The fraction of sp³-hybridized carbons (Fsp3) is 0.333. The summed E-state index contributed by atoms with van der Waals surface area (Å²) < 4.78 is 33.8. The van der Waals surface area contributed by atoms with Crippen LogP contribution >= 0.6 is 15.9 Å². The number of ether oxygens (including phenoxy) is 1. The average molecular weight is 425 g/mol. The van der Waals surface area contributed by atoms with Crippen molar-refractivity contribution < 1.29 is 13.2 Å². The van der Waals surface area contributed by atoms with Crippen LogP contribution in [0, 0.1) is 0 Å². The Balaban J connectivity index is 1.60. The monoisotopic (exact) mass is 424 g/mol. The Bertz CT molecular complexity index is 816. The molecule has 3 rings (SSSR count). The number of methoxy groups -OCH3 is 1. The van der Waals surface area contributed by atoms with Gasteiger partial charge >= 0.3 is 0 Å². The van der Waals surface area contributed by atoms with Gasteiger partial charge in [0.2, 0.25) is 10.0 Å². The molecule has 1 aliphatic rings. The zero-order valence-corrected chi connectivity index (χ0v) is 16.4. The molecule has 1 aliphatic heterocycles. The minimum atomic E-state index is -3.49. The Morgan fingerprint density at radius 1 is 1.12 bits per heavy atom. The van der Waals surface area contributed by atoms with E-state index in [1.54, 1.807) is 25.3 Å². The maximum absolute atomic E-state index is 12.5. The molecule has 1 fully saturated rings. The van der Waals surface area contributed by atoms with Gasteiger partial charge in [-0.15, -0.1) is 0 Å². The number of benzene rings is 2. The molecule has 0 unspecified atom stereocenters. The molecule has 1 saturated heterocycles. The lowest BCUT2D eigenvalue weighted by atomic mass is 10.1. The minimum Gasteiger partial charge on any atom is -0.497 e. The maximum Gasteiger partial charge on any atom is 0.240 e. The van der Waals surface area contributed by atoms with Gasteiger partial charge in [-0.25, -0.2) is 13.1 Å². The number of hydrogen-bond donors (Lipinski definition) is 1. The number of halogens is 1. The van der Waals surface area contributed by atoms with Gasteiger partial charge < -0.3 is 9.64 Å². The van der Waals surface area contributed by atoms with E-state index in [9.17, 15) is 8.42 Å². The summed E-state index contributed by atoms with van der Waals surface area (Å²) in [5.41, 5.74) is 1.13. The number of nitrogens with zero attached hydrogens (tertiary/aromatic N) is 1. The number of nitrogens with one attached hydrogen (secondary N) is 1. The Labute approximate surface area is 157 Å². The van der Waals surface area contributed by atoms with Gasteiger partial charge in [0.25, 0.3) is 0 Å². The zero-order valence-electron chi connectivity index (χ0n) is 14.0. The number of piperidine rings is 1. The highest BCUT2D eigenvalue weighted by Crippen LogP contribution is 2.24. The van der Waals surface area contributed by atoms with Crippen molar-refractivity contribution in [3.05, 3.63) is 53.0 Å². The molecule has 2 aromatic rings. The number of anilines is 1. The van der Waals surface area contributed by atoms with E-state index in [0.717, 1.165) is 41.8 Å². The molecule has 0 radical (unpaired) electrons. The van der Waals surface area contributed by atoms with Crippen LogP contribution in [0.15, 0.2) is 57.9 Å². The van der Waals surface area contributed by atoms with Crippen molar-refractivity contribution in [2.75, 3.05) is 25.1 Å². The number of hydrogen-bond acceptors (Lipinski definition) is 4. The smallest absolute Gasteiger partial charge is 0.240 e. The van der Waals surface area contributed by atoms with Crippen LogP contribution in [0.25, 0.3) is 0 Å². The lowest BCUT2D eigenvalue weighted by Crippen LogP contribution is -2.44. The van der Waals surface area contributed by atoms with Crippen molar-refractivity contribution in [3.63, 3.8) is 0 Å². The summed E-state index contributed by atoms with van der Waals surface area (Å²) in [6.07, 6.45) is 1.55. The molecule has 2 aromatic carbocycles. The molecule has 1 N–H and O–H groups in total. The van der Waals surface area contributed by atoms with Crippen molar-refractivity contribution in [2.24, 2.45) is 0 Å². The third-order valence-electron chi connectivity index (χ3n) is 4.36. The van der Waals surface area contributed by atoms with Crippen molar-refractivity contribution in [1.82, 2.24) is 4.72 Å². The lowest BCUT2D eigenvalue weighted by Gasteiger charge is -2.33. The van der Waals surface area contributed by atoms with E-state index in [4.69, 9.17) is 4.74 Å². The van der Waals surface area contributed by atoms with E-state index >= 15 is 0 Å². The number of rotatable bonds is 5. The summed E-state index contributed by atoms with van der Waals surface area (Å²) in [5, 5.41) is 0. The van der Waals surface area contributed by atoms with Crippen molar-refractivity contribution in [2.45, 2.75) is 23.8 Å². The summed E-state index contributed by atoms with van der Waals surface area (Å²) in [4.78, 5) is 2.56. The highest BCUT2D eigenvalue weighted by molar-refractivity contribution is 9.10. The second kappa shape index (κ2) is 7.76. The Kier molecular flexibility index (Phi) is 5.66. The predicted octanol–water partition coefficient (Wildman–Crippen LogP) is 3.41. The third kappa shape index (κ3) is 4.54. The van der Waals surface area contributed by atoms with Gasteiger partial charge in [0.05, 0.1) is 12.0 Å². The first-order valence-corrected chi connectivity index (χ1v) is 10.4. The van der Waals surface area contributed by atoms with Gasteiger partial charge in [-0.1, -0.05) is 22.0 Å². The first kappa shape index (κ1) is 18.2. The van der Waals surface area contributed by atoms with Gasteiger partial charge in [-0.05, 0) is 55.3 Å². The van der Waals surface area contributed by atoms with Crippen LogP contribution in [0.3, 0.4) is 0 Å². The van der Waals surface area contributed by atoms with Crippen molar-refractivity contribution in [1.29, 1.82) is 0 Å². The molecule has 0 aromatic heterocycles. The molecule has 134 valence electrons. The van der Waals surface area contributed by atoms with E-state index in [-0.39, 0.29) is 6.04 Å². The van der Waals surface area contributed by atoms with Crippen molar-refractivity contribution in [3.8, 4) is 5.75 Å². The van der Waals surface area contributed by atoms with Crippen molar-refractivity contribution >= 4 is 31.6 Å². The van der Waals surface area contributed by atoms with Gasteiger partial charge in [-0.2, -0.15) is 0 Å². The van der Waals surface area contributed by atoms with Crippen LogP contribution in [0.2, 0.25) is 0 Å². The second-order valence-electron chi connectivity index (χ2n) is 6.04. The van der Waals surface area contributed by atoms with Crippen LogP contribution < -0.4 is 14.4 Å². The Morgan fingerprint density at radius 3 is 2.40 bits per heavy atom. The number of sulfonamides is 1. The summed E-state index contributed by atoms with van der Waals surface area (Å²) in [6.45, 7) is 1.63. The van der Waals surface area contributed by atoms with Crippen LogP contribution in [-0.4, -0.2) is 34.7 Å². The molecule has 25 heavy (non-hydrogen) atoms. The van der Waals surface area contributed by atoms with Crippen LogP contribution in [0.1, 0.15) is 12.8 Å². The molecule has 0 bridgehead atoms. The molecule has 0 spiro atoms. The Hall–Kier alpha value is -1.57. The van der Waals surface area contributed by atoms with E-state index < -0.39 is 10.0 Å². The predicted molar refractivity (Wildman–Crippen MR) is 103 cm³/mol. The van der Waals surface area contributed by atoms with Gasteiger partial charge in [0.1, 0.15) is 5.75 Å². The Morgan fingerprint density at radius 2 is 1.80 bits per heavy atom. The summed E-state index contributed by atoms with van der Waals surface area (Å²) in [6, 6.07) is 14.7. The van der Waals surface area contributed by atoms with Crippen LogP contribution in [0.5, 0.6) is 5.75 Å². The third-order valence-corrected chi connectivity index (χ3v) is 6.37. The van der Waals surface area contributed by atoms with Gasteiger partial charge in [0.15, 0.2) is 0 Å². The molecule has 0 aliphatic carbocycles. The molecule has 7 heteroatoms. The normalized spacial score (nSPS) is 16.0.